The van der Waals surface area contributed by atoms with E-state index in [0.29, 0.717) is 30.8 Å². The summed E-state index contributed by atoms with van der Waals surface area (Å²) in [5.74, 6) is -0.536. The molecule has 2 aliphatic heterocycles. The molecule has 1 atom stereocenters. The summed E-state index contributed by atoms with van der Waals surface area (Å²) in [6.07, 6.45) is 2.32. The molecule has 0 unspecified atom stereocenters. The largest absolute Gasteiger partial charge is 0.391 e. The maximum absolute atomic E-state index is 14.2. The van der Waals surface area contributed by atoms with Crippen LogP contribution in [0.25, 0.3) is 0 Å². The highest BCUT2D eigenvalue weighted by Gasteiger charge is 2.26. The zero-order valence-electron chi connectivity index (χ0n) is 11.4. The van der Waals surface area contributed by atoms with E-state index in [-0.39, 0.29) is 11.7 Å². The first kappa shape index (κ1) is 13.4. The van der Waals surface area contributed by atoms with E-state index in [4.69, 9.17) is 0 Å². The highest BCUT2D eigenvalue weighted by Crippen LogP contribution is 2.25. The minimum Gasteiger partial charge on any atom is -0.391 e. The van der Waals surface area contributed by atoms with Gasteiger partial charge in [0.1, 0.15) is 5.82 Å². The number of carbonyl (C=O) groups excluding carboxylic acids is 1. The standard InChI is InChI=1S/C15H19FN2O2/c16-13-9-11(15(20)18-8-5-12(19)10-18)3-4-14(13)17-6-1-2-7-17/h3-4,9,12,19H,1-2,5-8,10H2/t12-/m0/s1. The second-order valence-corrected chi connectivity index (χ2v) is 5.55. The maximum atomic E-state index is 14.2. The van der Waals surface area contributed by atoms with Crippen LogP contribution in [0, 0.1) is 5.82 Å². The van der Waals surface area contributed by atoms with E-state index < -0.39 is 6.10 Å². The van der Waals surface area contributed by atoms with Crippen LogP contribution in [0.15, 0.2) is 18.2 Å². The molecule has 4 nitrogen and oxygen atoms in total. The Hall–Kier alpha value is -1.62. The molecule has 0 aromatic heterocycles. The minimum absolute atomic E-state index is 0.201. The number of amides is 1. The number of nitrogens with zero attached hydrogens (tertiary/aromatic N) is 2. The lowest BCUT2D eigenvalue weighted by Gasteiger charge is -2.20. The van der Waals surface area contributed by atoms with E-state index in [2.05, 4.69) is 0 Å². The predicted octanol–water partition coefficient (Wildman–Crippen LogP) is 1.63. The number of likely N-dealkylation sites (tertiary alicyclic amines) is 1. The number of aliphatic hydroxyl groups is 1. The number of benzene rings is 1. The van der Waals surface area contributed by atoms with E-state index in [0.717, 1.165) is 25.9 Å². The first-order chi connectivity index (χ1) is 9.65. The summed E-state index contributed by atoms with van der Waals surface area (Å²) in [6, 6.07) is 4.70. The number of halogens is 1. The number of rotatable bonds is 2. The molecule has 5 heteroatoms. The van der Waals surface area contributed by atoms with Crippen LogP contribution in [0.4, 0.5) is 10.1 Å². The molecule has 1 N–H and O–H groups in total. The third-order valence-corrected chi connectivity index (χ3v) is 4.09. The number of hydrogen-bond donors (Lipinski definition) is 1. The fraction of sp³-hybridized carbons (Fsp3) is 0.533. The Labute approximate surface area is 117 Å². The van der Waals surface area contributed by atoms with Crippen molar-refractivity contribution < 1.29 is 14.3 Å². The summed E-state index contributed by atoms with van der Waals surface area (Å²) < 4.78 is 14.2. The molecular weight excluding hydrogens is 259 g/mol. The predicted molar refractivity (Wildman–Crippen MR) is 74.4 cm³/mol. The second kappa shape index (κ2) is 5.40. The molecule has 1 aromatic rings. The smallest absolute Gasteiger partial charge is 0.254 e. The van der Waals surface area contributed by atoms with Crippen molar-refractivity contribution in [2.24, 2.45) is 0 Å². The van der Waals surface area contributed by atoms with Crippen LogP contribution in [-0.4, -0.2) is 48.2 Å². The highest BCUT2D eigenvalue weighted by atomic mass is 19.1. The Morgan fingerprint density at radius 2 is 2.00 bits per heavy atom. The highest BCUT2D eigenvalue weighted by molar-refractivity contribution is 5.94. The molecule has 0 radical (unpaired) electrons. The Kier molecular flexibility index (Phi) is 3.61. The molecular formula is C15H19FN2O2. The van der Waals surface area contributed by atoms with E-state index in [1.165, 1.54) is 6.07 Å². The van der Waals surface area contributed by atoms with Crippen molar-refractivity contribution in [3.8, 4) is 0 Å². The fourth-order valence-electron chi connectivity index (χ4n) is 2.96. The Morgan fingerprint density at radius 3 is 2.60 bits per heavy atom. The summed E-state index contributed by atoms with van der Waals surface area (Å²) in [7, 11) is 0. The van der Waals surface area contributed by atoms with E-state index >= 15 is 0 Å². The number of carbonyl (C=O) groups is 1. The first-order valence-electron chi connectivity index (χ1n) is 7.17. The lowest BCUT2D eigenvalue weighted by atomic mass is 10.1. The Balaban J connectivity index is 1.77. The SMILES string of the molecule is O=C(c1ccc(N2CCCC2)c(F)c1)N1CC[C@H](O)C1. The third-order valence-electron chi connectivity index (χ3n) is 4.09. The van der Waals surface area contributed by atoms with Gasteiger partial charge in [0.15, 0.2) is 0 Å². The zero-order valence-corrected chi connectivity index (χ0v) is 11.4. The number of anilines is 1. The van der Waals surface area contributed by atoms with Crippen molar-refractivity contribution in [3.05, 3.63) is 29.6 Å². The number of aliphatic hydroxyl groups excluding tert-OH is 1. The van der Waals surface area contributed by atoms with Gasteiger partial charge in [-0.15, -0.1) is 0 Å². The van der Waals surface area contributed by atoms with Crippen molar-refractivity contribution in [1.82, 2.24) is 4.90 Å². The molecule has 2 aliphatic rings. The van der Waals surface area contributed by atoms with Crippen molar-refractivity contribution in [2.75, 3.05) is 31.1 Å². The van der Waals surface area contributed by atoms with Gasteiger partial charge < -0.3 is 14.9 Å². The quantitative estimate of drug-likeness (QED) is 0.894. The second-order valence-electron chi connectivity index (χ2n) is 5.55. The molecule has 1 aromatic carbocycles. The van der Waals surface area contributed by atoms with Crippen LogP contribution in [0.3, 0.4) is 0 Å². The van der Waals surface area contributed by atoms with Gasteiger partial charge in [0, 0.05) is 31.7 Å². The summed E-state index contributed by atoms with van der Waals surface area (Å²) in [5.41, 5.74) is 0.944. The van der Waals surface area contributed by atoms with Crippen LogP contribution < -0.4 is 4.90 Å². The number of β-amino-alcohol motifs (C(OH)–C–C–N with tert-alkyl or cyclic N) is 1. The Bertz CT molecular complexity index is 515. The summed E-state index contributed by atoms with van der Waals surface area (Å²) in [4.78, 5) is 15.8. The molecule has 2 heterocycles. The summed E-state index contributed by atoms with van der Waals surface area (Å²) in [6.45, 7) is 2.63. The molecule has 2 saturated heterocycles. The zero-order chi connectivity index (χ0) is 14.1. The molecule has 3 rings (SSSR count). The molecule has 108 valence electrons. The average molecular weight is 278 g/mol. The van der Waals surface area contributed by atoms with Gasteiger partial charge in [0.25, 0.3) is 5.91 Å². The lowest BCUT2D eigenvalue weighted by Crippen LogP contribution is -2.29. The molecule has 0 spiro atoms. The van der Waals surface area contributed by atoms with Gasteiger partial charge in [-0.2, -0.15) is 0 Å². The summed E-state index contributed by atoms with van der Waals surface area (Å²) in [5, 5.41) is 9.46. The minimum atomic E-state index is -0.451. The molecule has 2 fully saturated rings. The molecule has 0 bridgehead atoms. The molecule has 20 heavy (non-hydrogen) atoms. The third kappa shape index (κ3) is 2.50. The van der Waals surface area contributed by atoms with Gasteiger partial charge in [0.2, 0.25) is 0 Å². The van der Waals surface area contributed by atoms with Crippen molar-refractivity contribution in [3.63, 3.8) is 0 Å². The van der Waals surface area contributed by atoms with Gasteiger partial charge in [-0.1, -0.05) is 0 Å². The van der Waals surface area contributed by atoms with Gasteiger partial charge in [-0.05, 0) is 37.5 Å². The van der Waals surface area contributed by atoms with Crippen LogP contribution >= 0.6 is 0 Å². The van der Waals surface area contributed by atoms with Gasteiger partial charge in [0.05, 0.1) is 11.8 Å². The Morgan fingerprint density at radius 1 is 1.25 bits per heavy atom. The van der Waals surface area contributed by atoms with E-state index in [1.807, 2.05) is 4.90 Å². The van der Waals surface area contributed by atoms with E-state index in [1.54, 1.807) is 17.0 Å². The number of hydrogen-bond acceptors (Lipinski definition) is 3. The maximum Gasteiger partial charge on any atom is 0.254 e. The lowest BCUT2D eigenvalue weighted by molar-refractivity contribution is 0.0764. The van der Waals surface area contributed by atoms with Gasteiger partial charge in [-0.25, -0.2) is 4.39 Å². The van der Waals surface area contributed by atoms with Gasteiger partial charge in [-0.3, -0.25) is 4.79 Å². The molecule has 0 aliphatic carbocycles. The first-order valence-corrected chi connectivity index (χ1v) is 7.17. The van der Waals surface area contributed by atoms with Crippen molar-refractivity contribution in [1.29, 1.82) is 0 Å². The summed E-state index contributed by atoms with van der Waals surface area (Å²) >= 11 is 0. The monoisotopic (exact) mass is 278 g/mol. The molecule has 1 amide bonds. The van der Waals surface area contributed by atoms with Crippen LogP contribution in [-0.2, 0) is 0 Å². The topological polar surface area (TPSA) is 43.8 Å². The van der Waals surface area contributed by atoms with Crippen molar-refractivity contribution in [2.45, 2.75) is 25.4 Å². The van der Waals surface area contributed by atoms with Gasteiger partial charge >= 0.3 is 0 Å². The van der Waals surface area contributed by atoms with Crippen LogP contribution in [0.2, 0.25) is 0 Å². The average Bonchev–Trinajstić information content (AvgIpc) is 3.09. The van der Waals surface area contributed by atoms with Crippen LogP contribution in [0.5, 0.6) is 0 Å². The van der Waals surface area contributed by atoms with Crippen molar-refractivity contribution >= 4 is 11.6 Å². The van der Waals surface area contributed by atoms with Crippen LogP contribution in [0.1, 0.15) is 29.6 Å². The molecule has 0 saturated carbocycles. The van der Waals surface area contributed by atoms with E-state index in [9.17, 15) is 14.3 Å². The normalized spacial score (nSPS) is 22.6. The fourth-order valence-corrected chi connectivity index (χ4v) is 2.96.